The monoisotopic (exact) mass is 1010 g/mol. The molecule has 0 heterocycles. The highest BCUT2D eigenvalue weighted by atomic mass is 19.4. The summed E-state index contributed by atoms with van der Waals surface area (Å²) in [5.74, 6) is 10.4. The second kappa shape index (κ2) is 25.2. The number of hydrogen-bond donors (Lipinski definition) is 0. The summed E-state index contributed by atoms with van der Waals surface area (Å²) in [5, 5.41) is 0. The van der Waals surface area contributed by atoms with Crippen LogP contribution < -0.4 is 9.80 Å². The molecule has 5 rings (SSSR count). The number of hydrogen-bond acceptors (Lipinski definition) is 2. The van der Waals surface area contributed by atoms with Crippen molar-refractivity contribution in [1.29, 1.82) is 0 Å². The van der Waals surface area contributed by atoms with Crippen LogP contribution in [0, 0.1) is 23.7 Å². The molecule has 0 radical (unpaired) electrons. The average Bonchev–Trinajstić information content (AvgIpc) is 3.33. The molecule has 0 spiro atoms. The molecule has 0 aromatic heterocycles. The Morgan fingerprint density at radius 3 is 0.889 bits per heavy atom. The molecule has 382 valence electrons. The van der Waals surface area contributed by atoms with Gasteiger partial charge in [0.2, 0.25) is 0 Å². The highest BCUT2D eigenvalue weighted by Gasteiger charge is 2.38. The zero-order valence-electron chi connectivity index (χ0n) is 40.5. The van der Waals surface area contributed by atoms with Crippen molar-refractivity contribution in [1.82, 2.24) is 0 Å². The lowest BCUT2D eigenvalue weighted by molar-refractivity contribution is -0.144. The van der Waals surface area contributed by atoms with Crippen LogP contribution in [0.4, 0.5) is 64.1 Å². The Balaban J connectivity index is 1.73. The fourth-order valence-electron chi connectivity index (χ4n) is 7.56. The van der Waals surface area contributed by atoms with Gasteiger partial charge in [-0.1, -0.05) is 126 Å². The number of nitrogens with zero attached hydrogens (tertiary/aromatic N) is 2. The minimum absolute atomic E-state index is 0.00362. The van der Waals surface area contributed by atoms with Gasteiger partial charge in [0.05, 0.1) is 22.3 Å². The molecule has 0 aliphatic rings. The summed E-state index contributed by atoms with van der Waals surface area (Å²) in [7, 11) is 0. The molecule has 0 saturated heterocycles. The van der Waals surface area contributed by atoms with Gasteiger partial charge in [0.25, 0.3) is 0 Å². The van der Waals surface area contributed by atoms with E-state index in [2.05, 4.69) is 61.2 Å². The van der Waals surface area contributed by atoms with Gasteiger partial charge >= 0.3 is 24.7 Å². The van der Waals surface area contributed by atoms with Crippen molar-refractivity contribution < 1.29 is 52.7 Å². The Bertz CT molecular complexity index is 2480. The molecule has 0 unspecified atom stereocenters. The summed E-state index contributed by atoms with van der Waals surface area (Å²) in [6.07, 6.45) is -5.99. The van der Waals surface area contributed by atoms with E-state index in [4.69, 9.17) is 0 Å². The molecule has 0 saturated carbocycles. The number of unbranched alkanes of at least 4 members (excludes halogenated alkanes) is 4. The molecule has 2 nitrogen and oxygen atoms in total. The van der Waals surface area contributed by atoms with Gasteiger partial charge in [0, 0.05) is 59.8 Å². The normalized spacial score (nSPS) is 12.2. The zero-order chi connectivity index (χ0) is 52.7. The third kappa shape index (κ3) is 16.8. The van der Waals surface area contributed by atoms with Crippen LogP contribution in [0.5, 0.6) is 0 Å². The lowest BCUT2D eigenvalue weighted by atomic mass is 9.96. The lowest BCUT2D eigenvalue weighted by Gasteiger charge is -2.24. The predicted molar refractivity (Wildman–Crippen MR) is 266 cm³/mol. The van der Waals surface area contributed by atoms with Crippen molar-refractivity contribution in [3.8, 4) is 23.7 Å². The van der Waals surface area contributed by atoms with Gasteiger partial charge in [-0.2, -0.15) is 52.7 Å². The number of halogens is 12. The van der Waals surface area contributed by atoms with Crippen LogP contribution in [0.15, 0.2) is 97.1 Å². The van der Waals surface area contributed by atoms with E-state index in [1.54, 1.807) is 24.3 Å². The maximum atomic E-state index is 13.9. The van der Waals surface area contributed by atoms with Crippen molar-refractivity contribution in [2.24, 2.45) is 0 Å². The Morgan fingerprint density at radius 1 is 0.361 bits per heavy atom. The molecule has 0 aliphatic heterocycles. The first-order chi connectivity index (χ1) is 34.0. The number of alkyl halides is 12. The molecule has 72 heavy (non-hydrogen) atoms. The summed E-state index contributed by atoms with van der Waals surface area (Å²) in [6.45, 7) is 11.8. The van der Waals surface area contributed by atoms with Gasteiger partial charge in [-0.25, -0.2) is 0 Å². The summed E-state index contributed by atoms with van der Waals surface area (Å²) in [6, 6.07) is 20.2. The Morgan fingerprint density at radius 2 is 0.639 bits per heavy atom. The van der Waals surface area contributed by atoms with Crippen molar-refractivity contribution in [2.45, 2.75) is 104 Å². The van der Waals surface area contributed by atoms with Crippen LogP contribution in [-0.2, 0) is 24.7 Å². The van der Waals surface area contributed by atoms with E-state index in [0.717, 1.165) is 88.9 Å². The van der Waals surface area contributed by atoms with E-state index >= 15 is 0 Å². The minimum atomic E-state index is -5.13. The number of rotatable bonds is 18. The van der Waals surface area contributed by atoms with Crippen LogP contribution in [0.2, 0.25) is 0 Å². The fraction of sp³-hybridized carbons (Fsp3) is 0.345. The van der Waals surface area contributed by atoms with Crippen molar-refractivity contribution in [2.75, 3.05) is 36.0 Å². The van der Waals surface area contributed by atoms with E-state index in [1.165, 1.54) is 12.1 Å². The highest BCUT2D eigenvalue weighted by molar-refractivity contribution is 5.80. The fourth-order valence-corrected chi connectivity index (χ4v) is 7.56. The third-order valence-corrected chi connectivity index (χ3v) is 11.6. The standard InChI is InChI=1S/C58H56F12N2/c1-5-9-29-71(30-10-6-2)53-25-17-41(18-26-53)13-21-45-37-48(24-16-44-35-51(57(65,66)67)40-52(36-44)58(68,69)70)46(22-14-42-19-27-54(28-20-42)72(31-11-7-3)32-12-8-4)38-47(45)23-15-43-33-49(55(59,60)61)39-50(34-43)56(62,63)64/h13-14,17-22,25-28,33-40H,5-12,29-32H2,1-4H3/b21-13+,22-14+. The maximum Gasteiger partial charge on any atom is 0.416 e. The van der Waals surface area contributed by atoms with E-state index in [-0.39, 0.29) is 34.4 Å². The summed E-state index contributed by atoms with van der Waals surface area (Å²) >= 11 is 0. The molecule has 5 aromatic carbocycles. The first-order valence-electron chi connectivity index (χ1n) is 23.9. The summed E-state index contributed by atoms with van der Waals surface area (Å²) in [4.78, 5) is 4.57. The Labute approximate surface area is 414 Å². The summed E-state index contributed by atoms with van der Waals surface area (Å²) < 4.78 is 167. The van der Waals surface area contributed by atoms with E-state index < -0.39 is 58.1 Å². The first kappa shape index (κ1) is 56.4. The maximum absolute atomic E-state index is 13.9. The Kier molecular flexibility index (Phi) is 19.7. The van der Waals surface area contributed by atoms with E-state index in [0.29, 0.717) is 35.4 Å². The SMILES string of the molecule is CCCCN(CCCC)c1ccc(/C=C/c2cc(C#Cc3cc(C(F)(F)F)cc(C(F)(F)F)c3)c(/C=C/c3ccc(N(CCCC)CCCC)cc3)cc2C#Cc2cc(C(F)(F)F)cc(C(F)(F)F)c2)cc1. The highest BCUT2D eigenvalue weighted by Crippen LogP contribution is 2.38. The van der Waals surface area contributed by atoms with Crippen LogP contribution >= 0.6 is 0 Å². The predicted octanol–water partition coefficient (Wildman–Crippen LogP) is 17.7. The van der Waals surface area contributed by atoms with Crippen molar-refractivity contribution in [3.63, 3.8) is 0 Å². The molecular weight excluding hydrogens is 953 g/mol. The molecule has 0 N–H and O–H groups in total. The summed E-state index contributed by atoms with van der Waals surface area (Å²) in [5.41, 5.74) is -3.31. The van der Waals surface area contributed by atoms with Gasteiger partial charge in [0.1, 0.15) is 0 Å². The Hall–Kier alpha value is -6.54. The van der Waals surface area contributed by atoms with E-state index in [9.17, 15) is 52.7 Å². The number of benzene rings is 5. The van der Waals surface area contributed by atoms with Gasteiger partial charge < -0.3 is 9.80 Å². The third-order valence-electron chi connectivity index (χ3n) is 11.6. The molecule has 14 heteroatoms. The first-order valence-corrected chi connectivity index (χ1v) is 23.9. The number of anilines is 2. The quantitative estimate of drug-likeness (QED) is 0.0490. The second-order valence-corrected chi connectivity index (χ2v) is 17.4. The van der Waals surface area contributed by atoms with Gasteiger partial charge in [-0.15, -0.1) is 0 Å². The molecule has 0 aliphatic carbocycles. The topological polar surface area (TPSA) is 6.48 Å². The van der Waals surface area contributed by atoms with E-state index in [1.807, 2.05) is 48.5 Å². The molecule has 5 aromatic rings. The van der Waals surface area contributed by atoms with Gasteiger partial charge in [-0.3, -0.25) is 0 Å². The van der Waals surface area contributed by atoms with Crippen LogP contribution in [0.3, 0.4) is 0 Å². The van der Waals surface area contributed by atoms with Crippen LogP contribution in [-0.4, -0.2) is 26.2 Å². The molecule has 0 bridgehead atoms. The minimum Gasteiger partial charge on any atom is -0.372 e. The van der Waals surface area contributed by atoms with Crippen LogP contribution in [0.1, 0.15) is 146 Å². The van der Waals surface area contributed by atoms with Gasteiger partial charge in [-0.05, 0) is 121 Å². The smallest absolute Gasteiger partial charge is 0.372 e. The van der Waals surface area contributed by atoms with Gasteiger partial charge in [0.15, 0.2) is 0 Å². The largest absolute Gasteiger partial charge is 0.416 e. The molecule has 0 amide bonds. The van der Waals surface area contributed by atoms with Crippen LogP contribution in [0.25, 0.3) is 24.3 Å². The van der Waals surface area contributed by atoms with Crippen molar-refractivity contribution >= 4 is 35.7 Å². The zero-order valence-corrected chi connectivity index (χ0v) is 40.5. The van der Waals surface area contributed by atoms with Crippen molar-refractivity contribution in [3.05, 3.63) is 164 Å². The molecule has 0 atom stereocenters. The second-order valence-electron chi connectivity index (χ2n) is 17.4. The molecule has 0 fully saturated rings. The molecular formula is C58H56F12N2. The average molecular weight is 1010 g/mol. The lowest BCUT2D eigenvalue weighted by Crippen LogP contribution is -2.25.